The highest BCUT2D eigenvalue weighted by Crippen LogP contribution is 2.39. The van der Waals surface area contributed by atoms with Crippen LogP contribution in [-0.4, -0.2) is 208 Å². The zero-order valence-corrected chi connectivity index (χ0v) is 62.5. The lowest BCUT2D eigenvalue weighted by atomic mass is 9.83. The molecule has 30 nitrogen and oxygen atoms in total. The number of nitrogen functional groups attached to an aromatic ring is 1. The van der Waals surface area contributed by atoms with Crippen LogP contribution in [0.5, 0.6) is 11.5 Å². The van der Waals surface area contributed by atoms with Gasteiger partial charge in [0, 0.05) is 63.5 Å². The van der Waals surface area contributed by atoms with Gasteiger partial charge in [-0.15, -0.1) is 0 Å². The van der Waals surface area contributed by atoms with Gasteiger partial charge in [0.05, 0.1) is 48.6 Å². The number of nitrogens with zero attached hydrogens (tertiary/aromatic N) is 5. The third-order valence-corrected chi connectivity index (χ3v) is 20.1. The number of fused-ring (bicyclic) bond motifs is 4. The Kier molecular flexibility index (Phi) is 26.3. The normalized spacial score (nSPS) is 25.4. The van der Waals surface area contributed by atoms with Gasteiger partial charge in [-0.05, 0) is 114 Å². The molecule has 0 spiro atoms. The van der Waals surface area contributed by atoms with E-state index in [1.807, 2.05) is 0 Å². The first-order chi connectivity index (χ1) is 48.7. The molecule has 0 bridgehead atoms. The minimum Gasteiger partial charge on any atom is -0.508 e. The molecule has 6 aliphatic rings. The van der Waals surface area contributed by atoms with Gasteiger partial charge >= 0.3 is 17.9 Å². The van der Waals surface area contributed by atoms with Crippen molar-refractivity contribution in [2.45, 2.75) is 184 Å². The molecule has 2 aromatic carbocycles. The van der Waals surface area contributed by atoms with Crippen LogP contribution in [0.2, 0.25) is 0 Å². The van der Waals surface area contributed by atoms with Crippen LogP contribution in [0.15, 0.2) is 33.5 Å². The van der Waals surface area contributed by atoms with Crippen LogP contribution in [0.4, 0.5) is 5.69 Å². The van der Waals surface area contributed by atoms with Crippen molar-refractivity contribution in [3.05, 3.63) is 67.9 Å². The second kappa shape index (κ2) is 33.6. The molecule has 4 fully saturated rings. The SMILES string of the molecule is CCOC(=O)c1c(C)cc(O)cc1O.Cc1c2oc3c(C)ccc(C(=O)NC4C(=O)NC(C(C)C)C(=O)C5CCCC5C(=O)N(C)CC(=O)N(C)C(C(C)C)C(=O)OC4C)c3nc-2c(C(=O)NC2C(=O)NC(C(C)C)C(=O)C3CCCC3C(=O)N(C)CC(=O)N(C)C(C(C)C)C(=O)OC2C)c(N)c1=O. The number of ether oxygens (including phenoxy) is 3. The number of aromatic hydroxyl groups is 2. The fourth-order valence-electron chi connectivity index (χ4n) is 14.4. The van der Waals surface area contributed by atoms with Gasteiger partial charge < -0.3 is 75.4 Å². The summed E-state index contributed by atoms with van der Waals surface area (Å²) < 4.78 is 23.1. The molecule has 2 aromatic rings. The molecule has 0 radical (unpaired) electrons. The Morgan fingerprint density at radius 3 is 1.49 bits per heavy atom. The van der Waals surface area contributed by atoms with E-state index in [4.69, 9.17) is 34.5 Å². The van der Waals surface area contributed by atoms with Crippen LogP contribution in [0.25, 0.3) is 22.6 Å². The van der Waals surface area contributed by atoms with Crippen molar-refractivity contribution in [3.63, 3.8) is 0 Å². The van der Waals surface area contributed by atoms with Gasteiger partial charge in [0.25, 0.3) is 11.8 Å². The predicted octanol–water partition coefficient (Wildman–Crippen LogP) is 4.30. The number of amides is 8. The van der Waals surface area contributed by atoms with Crippen LogP contribution in [-0.2, 0) is 62.2 Å². The molecule has 3 heterocycles. The zero-order valence-electron chi connectivity index (χ0n) is 62.5. The Balaban J connectivity index is 0.000000964. The zero-order chi connectivity index (χ0) is 77.7. The average molecular weight is 1450 g/mol. The number of likely N-dealkylation sites (N-methyl/N-ethyl adjacent to an activating group) is 4. The highest BCUT2D eigenvalue weighted by atomic mass is 16.6. The number of nitrogens with one attached hydrogen (secondary N) is 4. The van der Waals surface area contributed by atoms with Crippen LogP contribution >= 0.6 is 0 Å². The number of nitrogens with two attached hydrogens (primary N) is 1. The van der Waals surface area contributed by atoms with Crippen LogP contribution in [0.1, 0.15) is 162 Å². The van der Waals surface area contributed by atoms with Crippen molar-refractivity contribution in [1.29, 1.82) is 0 Å². The molecule has 104 heavy (non-hydrogen) atoms. The number of phenolic OH excluding ortho intramolecular Hbond substituents is 2. The molecule has 8 rings (SSSR count). The fourth-order valence-corrected chi connectivity index (χ4v) is 14.4. The number of rotatable bonds is 10. The minimum absolute atomic E-state index is 0.0668. The Morgan fingerprint density at radius 1 is 0.625 bits per heavy atom. The topological polar surface area (TPSA) is 420 Å². The summed E-state index contributed by atoms with van der Waals surface area (Å²) in [4.78, 5) is 208. The standard InChI is InChI=1S/C64H88N10O16.C10H12O4/c1-27(2)44-53(78)35-19-17-21-37(35)61(84)71(13)25-40(75)73(15)50(29(5)6)63(86)88-33(11)46(59(82)67-44)69-57(80)39-24-23-31(9)55-48(39)66-49-42(43(65)52(77)32(10)56(49)90-55)58(81)70-47-34(12)89-64(87)51(30(7)8)74(16)41(76)26-72(14)62(85)38-22-18-20-36(38)54(79)45(28(3)4)68-60(47)83;1-3-14-10(13)9-6(2)4-7(11)5-8(9)12/h23-24,27-30,33-38,44-47,50-51H,17-22,25-26,65H2,1-16H3,(H,67,82)(H,68,83)(H,69,80)(H,70,81);4-5,11-12H,3H2,1-2H3. The number of hydrogen-bond donors (Lipinski definition) is 7. The molecule has 8 N–H and O–H groups in total. The van der Waals surface area contributed by atoms with Gasteiger partial charge in [-0.2, -0.15) is 0 Å². The van der Waals surface area contributed by atoms with E-state index >= 15 is 9.59 Å². The smallest absolute Gasteiger partial charge is 0.342 e. The molecule has 2 saturated carbocycles. The summed E-state index contributed by atoms with van der Waals surface area (Å²) in [6, 6.07) is -3.21. The predicted molar refractivity (Wildman–Crippen MR) is 378 cm³/mol. The first-order valence-corrected chi connectivity index (χ1v) is 35.2. The quantitative estimate of drug-likeness (QED) is 0.0503. The highest BCUT2D eigenvalue weighted by molar-refractivity contribution is 6.11. The first kappa shape index (κ1) is 81.3. The number of Topliss-reactive ketones (excluding diaryl/α,β-unsaturated/α-hetero) is 2. The van der Waals surface area contributed by atoms with Crippen molar-refractivity contribution in [1.82, 2.24) is 45.9 Å². The van der Waals surface area contributed by atoms with E-state index in [0.717, 1.165) is 15.9 Å². The summed E-state index contributed by atoms with van der Waals surface area (Å²) >= 11 is 0. The lowest BCUT2D eigenvalue weighted by Gasteiger charge is -2.35. The fraction of sp³-hybridized carbons (Fsp3) is 0.581. The molecule has 2 saturated heterocycles. The van der Waals surface area contributed by atoms with E-state index < -0.39 is 202 Å². The highest BCUT2D eigenvalue weighted by Gasteiger charge is 2.48. The van der Waals surface area contributed by atoms with E-state index in [9.17, 15) is 62.6 Å². The Morgan fingerprint density at radius 2 is 1.07 bits per heavy atom. The summed E-state index contributed by atoms with van der Waals surface area (Å²) in [6.07, 6.45) is -0.654. The molecule has 12 unspecified atom stereocenters. The number of phenols is 2. The van der Waals surface area contributed by atoms with E-state index in [-0.39, 0.29) is 57.4 Å². The summed E-state index contributed by atoms with van der Waals surface area (Å²) in [7, 11) is 5.66. The third-order valence-electron chi connectivity index (χ3n) is 20.1. The number of aromatic nitrogens is 1. The van der Waals surface area contributed by atoms with Gasteiger partial charge in [0.1, 0.15) is 64.6 Å². The molecule has 566 valence electrons. The van der Waals surface area contributed by atoms with E-state index in [1.165, 1.54) is 77.0 Å². The number of carbonyl (C=O) groups is 13. The van der Waals surface area contributed by atoms with Crippen LogP contribution < -0.4 is 32.4 Å². The summed E-state index contributed by atoms with van der Waals surface area (Å²) in [5, 5.41) is 29.3. The lowest BCUT2D eigenvalue weighted by Crippen LogP contribution is -2.59. The Hall–Kier alpha value is -10.0. The molecule has 12 atom stereocenters. The Labute approximate surface area is 603 Å². The van der Waals surface area contributed by atoms with E-state index in [1.54, 1.807) is 76.2 Å². The number of benzene rings is 3. The molecule has 0 aromatic heterocycles. The molecule has 3 aliphatic carbocycles. The number of anilines is 1. The summed E-state index contributed by atoms with van der Waals surface area (Å²) in [5.74, 6) is -15.8. The minimum atomic E-state index is -1.86. The van der Waals surface area contributed by atoms with Crippen LogP contribution in [0, 0.1) is 68.1 Å². The van der Waals surface area contributed by atoms with Crippen LogP contribution in [0.3, 0.4) is 0 Å². The number of hydrogen-bond acceptors (Lipinski definition) is 22. The van der Waals surface area contributed by atoms with E-state index in [2.05, 4.69) is 21.3 Å². The summed E-state index contributed by atoms with van der Waals surface area (Å²) in [6.45, 7) is 21.8. The average Bonchev–Trinajstić information content (AvgIpc) is 0.887. The second-order valence-electron chi connectivity index (χ2n) is 29.1. The van der Waals surface area contributed by atoms with Gasteiger partial charge in [-0.25, -0.2) is 19.4 Å². The largest absolute Gasteiger partial charge is 0.508 e. The monoisotopic (exact) mass is 1450 g/mol. The lowest BCUT2D eigenvalue weighted by molar-refractivity contribution is -0.163. The van der Waals surface area contributed by atoms with Gasteiger partial charge in [-0.3, -0.25) is 52.7 Å². The number of carbonyl (C=O) groups excluding carboxylic acids is 13. The maximum absolute atomic E-state index is 15.2. The molecular weight excluding hydrogens is 1350 g/mol. The van der Waals surface area contributed by atoms with Crippen molar-refractivity contribution in [3.8, 4) is 23.0 Å². The maximum Gasteiger partial charge on any atom is 0.342 e. The van der Waals surface area contributed by atoms with Gasteiger partial charge in [-0.1, -0.05) is 74.3 Å². The molecular formula is C74H100N10O20. The van der Waals surface area contributed by atoms with Gasteiger partial charge in [0.15, 0.2) is 22.9 Å². The van der Waals surface area contributed by atoms with Crippen molar-refractivity contribution in [2.75, 3.05) is 53.6 Å². The first-order valence-electron chi connectivity index (χ1n) is 35.2. The number of esters is 3. The Bertz CT molecular complexity index is 4050. The third kappa shape index (κ3) is 17.3. The molecule has 8 amide bonds. The van der Waals surface area contributed by atoms with Crippen molar-refractivity contribution >= 4 is 93.5 Å². The van der Waals surface area contributed by atoms with Crippen molar-refractivity contribution < 1.29 is 91.2 Å². The number of cyclic esters (lactones) is 2. The number of aryl methyl sites for hydroxylation is 2. The maximum atomic E-state index is 15.2. The summed E-state index contributed by atoms with van der Waals surface area (Å²) in [5.41, 5.74) is 4.26. The van der Waals surface area contributed by atoms with Gasteiger partial charge in [0.2, 0.25) is 40.9 Å². The molecule has 3 aliphatic heterocycles. The second-order valence-corrected chi connectivity index (χ2v) is 29.1. The molecule has 30 heteroatoms. The van der Waals surface area contributed by atoms with E-state index in [0.29, 0.717) is 49.7 Å². The van der Waals surface area contributed by atoms with Crippen molar-refractivity contribution in [2.24, 2.45) is 47.3 Å². The number of ketones is 2.